The number of aliphatic carboxylic acids is 1. The van der Waals surface area contributed by atoms with Gasteiger partial charge in [0.25, 0.3) is 0 Å². The second-order valence-electron chi connectivity index (χ2n) is 4.22. The Morgan fingerprint density at radius 3 is 2.53 bits per heavy atom. The van der Waals surface area contributed by atoms with E-state index in [1.54, 1.807) is 29.3 Å². The predicted molar refractivity (Wildman–Crippen MR) is 59.9 cm³/mol. The number of aromatic nitrogens is 3. The number of nitrogens with zero attached hydrogens (tertiary/aromatic N) is 3. The molecule has 1 aliphatic carbocycles. The monoisotopic (exact) mass is 229 g/mol. The molecule has 0 saturated heterocycles. The van der Waals surface area contributed by atoms with Crippen molar-refractivity contribution >= 4 is 5.97 Å². The molecule has 17 heavy (non-hydrogen) atoms. The van der Waals surface area contributed by atoms with Crippen LogP contribution in [0.5, 0.6) is 0 Å². The van der Waals surface area contributed by atoms with E-state index >= 15 is 0 Å². The molecule has 86 valence electrons. The van der Waals surface area contributed by atoms with Crippen molar-refractivity contribution in [1.82, 2.24) is 14.8 Å². The zero-order valence-corrected chi connectivity index (χ0v) is 9.08. The van der Waals surface area contributed by atoms with Crippen molar-refractivity contribution in [2.45, 2.75) is 18.3 Å². The van der Waals surface area contributed by atoms with Gasteiger partial charge >= 0.3 is 5.97 Å². The van der Waals surface area contributed by atoms with Gasteiger partial charge in [-0.15, -0.1) is 0 Å². The molecular formula is C12H11N3O2. The van der Waals surface area contributed by atoms with Crippen LogP contribution in [0, 0.1) is 0 Å². The fraction of sp³-hybridized carbons (Fsp3) is 0.250. The summed E-state index contributed by atoms with van der Waals surface area (Å²) < 4.78 is 1.68. The zero-order chi connectivity index (χ0) is 11.9. The highest BCUT2D eigenvalue weighted by Crippen LogP contribution is 2.48. The standard InChI is InChI=1S/C12H11N3O2/c16-11(17)12(4-5-12)10-3-8-14-15(10)9-1-6-13-7-2-9/h1-3,6-8H,4-5H2,(H,16,17). The Balaban J connectivity index is 2.10. The molecule has 0 aliphatic heterocycles. The van der Waals surface area contributed by atoms with Gasteiger partial charge in [0, 0.05) is 18.6 Å². The summed E-state index contributed by atoms with van der Waals surface area (Å²) in [5.74, 6) is -0.770. The third-order valence-corrected chi connectivity index (χ3v) is 3.20. The lowest BCUT2D eigenvalue weighted by Crippen LogP contribution is -2.23. The number of hydrogen-bond acceptors (Lipinski definition) is 3. The number of hydrogen-bond donors (Lipinski definition) is 1. The molecule has 1 N–H and O–H groups in total. The maximum atomic E-state index is 11.3. The second-order valence-corrected chi connectivity index (χ2v) is 4.22. The topological polar surface area (TPSA) is 68.0 Å². The molecule has 0 unspecified atom stereocenters. The van der Waals surface area contributed by atoms with Crippen LogP contribution in [-0.2, 0) is 10.2 Å². The number of carbonyl (C=O) groups is 1. The van der Waals surface area contributed by atoms with Crippen molar-refractivity contribution in [3.05, 3.63) is 42.5 Å². The van der Waals surface area contributed by atoms with E-state index in [1.807, 2.05) is 12.1 Å². The minimum atomic E-state index is -0.770. The smallest absolute Gasteiger partial charge is 0.315 e. The molecule has 5 heteroatoms. The van der Waals surface area contributed by atoms with Crippen LogP contribution in [0.3, 0.4) is 0 Å². The van der Waals surface area contributed by atoms with Crippen molar-refractivity contribution in [1.29, 1.82) is 0 Å². The number of pyridine rings is 1. The molecule has 2 aromatic rings. The molecule has 0 aromatic carbocycles. The normalized spacial score (nSPS) is 16.7. The highest BCUT2D eigenvalue weighted by molar-refractivity contribution is 5.84. The summed E-state index contributed by atoms with van der Waals surface area (Å²) in [5.41, 5.74) is 0.850. The van der Waals surface area contributed by atoms with Crippen LogP contribution >= 0.6 is 0 Å². The summed E-state index contributed by atoms with van der Waals surface area (Å²) in [6, 6.07) is 5.41. The van der Waals surface area contributed by atoms with Crippen LogP contribution in [0.1, 0.15) is 18.5 Å². The molecule has 3 rings (SSSR count). The summed E-state index contributed by atoms with van der Waals surface area (Å²) in [4.78, 5) is 15.3. The first kappa shape index (κ1) is 10.0. The maximum Gasteiger partial charge on any atom is 0.315 e. The lowest BCUT2D eigenvalue weighted by molar-refractivity contribution is -0.140. The third-order valence-electron chi connectivity index (χ3n) is 3.20. The van der Waals surface area contributed by atoms with Gasteiger partial charge in [0.05, 0.1) is 11.4 Å². The van der Waals surface area contributed by atoms with Gasteiger partial charge < -0.3 is 5.11 Å². The molecule has 2 heterocycles. The van der Waals surface area contributed by atoms with E-state index in [9.17, 15) is 9.90 Å². The molecule has 0 atom stereocenters. The summed E-state index contributed by atoms with van der Waals surface area (Å²) >= 11 is 0. The number of rotatable bonds is 3. The van der Waals surface area contributed by atoms with Gasteiger partial charge in [0.15, 0.2) is 0 Å². The summed E-state index contributed by atoms with van der Waals surface area (Å²) in [6.07, 6.45) is 6.33. The third kappa shape index (κ3) is 1.43. The van der Waals surface area contributed by atoms with Gasteiger partial charge in [-0.3, -0.25) is 9.78 Å². The van der Waals surface area contributed by atoms with Gasteiger partial charge in [0.2, 0.25) is 0 Å². The number of carboxylic acids is 1. The van der Waals surface area contributed by atoms with Crippen LogP contribution < -0.4 is 0 Å². The molecule has 0 bridgehead atoms. The van der Waals surface area contributed by atoms with Crippen LogP contribution in [-0.4, -0.2) is 25.8 Å². The average Bonchev–Trinajstić information content (AvgIpc) is 3.02. The quantitative estimate of drug-likeness (QED) is 0.863. The number of carboxylic acid groups (broad SMARTS) is 1. The highest BCUT2D eigenvalue weighted by Gasteiger charge is 2.54. The molecule has 1 aliphatic rings. The van der Waals surface area contributed by atoms with Gasteiger partial charge in [0.1, 0.15) is 5.41 Å². The molecule has 0 amide bonds. The molecule has 1 saturated carbocycles. The van der Waals surface area contributed by atoms with Gasteiger partial charge in [-0.1, -0.05) is 0 Å². The van der Waals surface area contributed by atoms with E-state index in [-0.39, 0.29) is 0 Å². The lowest BCUT2D eigenvalue weighted by atomic mass is 10.0. The van der Waals surface area contributed by atoms with Crippen molar-refractivity contribution in [2.75, 3.05) is 0 Å². The Morgan fingerprint density at radius 2 is 1.94 bits per heavy atom. The summed E-state index contributed by atoms with van der Waals surface area (Å²) in [5, 5.41) is 13.5. The molecule has 0 spiro atoms. The maximum absolute atomic E-state index is 11.3. The van der Waals surface area contributed by atoms with Crippen molar-refractivity contribution < 1.29 is 9.90 Å². The Kier molecular flexibility index (Phi) is 2.01. The van der Waals surface area contributed by atoms with E-state index in [4.69, 9.17) is 0 Å². The molecule has 5 nitrogen and oxygen atoms in total. The largest absolute Gasteiger partial charge is 0.481 e. The fourth-order valence-electron chi connectivity index (χ4n) is 2.06. The van der Waals surface area contributed by atoms with Crippen molar-refractivity contribution in [2.24, 2.45) is 0 Å². The van der Waals surface area contributed by atoms with Crippen LogP contribution in [0.2, 0.25) is 0 Å². The summed E-state index contributed by atoms with van der Waals surface area (Å²) in [7, 11) is 0. The van der Waals surface area contributed by atoms with Gasteiger partial charge in [-0.2, -0.15) is 5.10 Å². The van der Waals surface area contributed by atoms with Gasteiger partial charge in [-0.05, 0) is 31.0 Å². The van der Waals surface area contributed by atoms with Crippen molar-refractivity contribution in [3.63, 3.8) is 0 Å². The molecule has 1 fully saturated rings. The van der Waals surface area contributed by atoms with E-state index in [2.05, 4.69) is 10.1 Å². The Morgan fingerprint density at radius 1 is 1.24 bits per heavy atom. The molecule has 2 aromatic heterocycles. The molecular weight excluding hydrogens is 218 g/mol. The summed E-state index contributed by atoms with van der Waals surface area (Å²) in [6.45, 7) is 0. The van der Waals surface area contributed by atoms with Crippen LogP contribution in [0.15, 0.2) is 36.8 Å². The van der Waals surface area contributed by atoms with E-state index in [1.165, 1.54) is 0 Å². The van der Waals surface area contributed by atoms with E-state index in [0.29, 0.717) is 12.8 Å². The Bertz CT molecular complexity index is 558. The minimum Gasteiger partial charge on any atom is -0.481 e. The minimum absolute atomic E-state index is 0.680. The SMILES string of the molecule is O=C(O)C1(c2ccnn2-c2ccncc2)CC1. The lowest BCUT2D eigenvalue weighted by Gasteiger charge is -2.12. The first-order valence-electron chi connectivity index (χ1n) is 5.42. The Hall–Kier alpha value is -2.17. The van der Waals surface area contributed by atoms with Gasteiger partial charge in [-0.25, -0.2) is 4.68 Å². The zero-order valence-electron chi connectivity index (χ0n) is 9.08. The predicted octanol–water partition coefficient (Wildman–Crippen LogP) is 1.38. The van der Waals surface area contributed by atoms with Crippen LogP contribution in [0.4, 0.5) is 0 Å². The van der Waals surface area contributed by atoms with Crippen molar-refractivity contribution in [3.8, 4) is 5.69 Å². The fourth-order valence-corrected chi connectivity index (χ4v) is 2.06. The van der Waals surface area contributed by atoms with Crippen LogP contribution in [0.25, 0.3) is 5.69 Å². The van der Waals surface area contributed by atoms with E-state index < -0.39 is 11.4 Å². The molecule has 0 radical (unpaired) electrons. The average molecular weight is 229 g/mol. The van der Waals surface area contributed by atoms with E-state index in [0.717, 1.165) is 11.4 Å². The second kappa shape index (κ2) is 3.41. The first-order valence-corrected chi connectivity index (χ1v) is 5.42. The first-order chi connectivity index (χ1) is 8.24. The highest BCUT2D eigenvalue weighted by atomic mass is 16.4. The Labute approximate surface area is 97.7 Å².